The first kappa shape index (κ1) is 22.7. The fourth-order valence-corrected chi connectivity index (χ4v) is 3.24. The Morgan fingerprint density at radius 1 is 1.25 bits per heavy atom. The molecule has 2 heterocycles. The van der Waals surface area contributed by atoms with E-state index in [1.165, 1.54) is 13.0 Å². The number of rotatable bonds is 7. The second-order valence-corrected chi connectivity index (χ2v) is 7.07. The number of carbonyl (C=O) groups is 3. The van der Waals surface area contributed by atoms with Gasteiger partial charge in [-0.1, -0.05) is 19.1 Å². The number of imide groups is 1. The number of esters is 1. The van der Waals surface area contributed by atoms with Crippen LogP contribution >= 0.6 is 0 Å². The number of aliphatic hydroxyl groups excluding tert-OH is 1. The third kappa shape index (κ3) is 4.53. The minimum atomic E-state index is -0.729. The van der Waals surface area contributed by atoms with Gasteiger partial charge in [-0.05, 0) is 49.3 Å². The topological polar surface area (TPSA) is 121 Å². The number of hydrogen-bond donors (Lipinski definition) is 1. The van der Waals surface area contributed by atoms with Crippen molar-refractivity contribution in [2.45, 2.75) is 20.3 Å². The highest BCUT2D eigenvalue weighted by Crippen LogP contribution is 2.29. The number of carbonyl (C=O) groups excluding carboxylic acids is 3. The van der Waals surface area contributed by atoms with Crippen molar-refractivity contribution in [3.8, 4) is 17.4 Å². The molecule has 32 heavy (non-hydrogen) atoms. The van der Waals surface area contributed by atoms with Gasteiger partial charge in [-0.3, -0.25) is 14.5 Å². The van der Waals surface area contributed by atoms with Crippen LogP contribution < -0.4 is 0 Å². The van der Waals surface area contributed by atoms with Gasteiger partial charge in [0.15, 0.2) is 0 Å². The van der Waals surface area contributed by atoms with Crippen LogP contribution in [-0.4, -0.2) is 47.5 Å². The van der Waals surface area contributed by atoms with Crippen LogP contribution in [0.5, 0.6) is 0 Å². The number of nitrogens with zero attached hydrogens (tertiary/aromatic N) is 2. The molecule has 164 valence electrons. The van der Waals surface area contributed by atoms with Crippen molar-refractivity contribution in [1.82, 2.24) is 4.90 Å². The third-order valence-corrected chi connectivity index (χ3v) is 4.88. The van der Waals surface area contributed by atoms with E-state index in [1.807, 2.05) is 13.0 Å². The number of amides is 2. The molecule has 0 spiro atoms. The second-order valence-electron chi connectivity index (χ2n) is 7.07. The number of aliphatic hydroxyl groups is 1. The maximum absolute atomic E-state index is 12.8. The Kier molecular flexibility index (Phi) is 7.03. The average molecular weight is 434 g/mol. The highest BCUT2D eigenvalue weighted by Gasteiger charge is 2.35. The molecule has 0 aliphatic carbocycles. The Bertz CT molecular complexity index is 1170. The zero-order chi connectivity index (χ0) is 23.3. The van der Waals surface area contributed by atoms with Gasteiger partial charge in [0.05, 0.1) is 25.3 Å². The summed E-state index contributed by atoms with van der Waals surface area (Å²) in [5, 5.41) is 18.5. The molecule has 1 aliphatic heterocycles. The Morgan fingerprint density at radius 3 is 2.72 bits per heavy atom. The molecule has 0 radical (unpaired) electrons. The van der Waals surface area contributed by atoms with Gasteiger partial charge in [-0.15, -0.1) is 0 Å². The Balaban J connectivity index is 1.94. The maximum atomic E-state index is 12.8. The molecule has 2 aromatic rings. The number of furan rings is 1. The highest BCUT2D eigenvalue weighted by molar-refractivity contribution is 6.19. The summed E-state index contributed by atoms with van der Waals surface area (Å²) in [6.07, 6.45) is 2.18. The van der Waals surface area contributed by atoms with E-state index in [4.69, 9.17) is 9.15 Å². The third-order valence-electron chi connectivity index (χ3n) is 4.88. The Labute approximate surface area is 185 Å². The van der Waals surface area contributed by atoms with Gasteiger partial charge >= 0.3 is 5.97 Å². The molecule has 1 aromatic heterocycles. The lowest BCUT2D eigenvalue weighted by atomic mass is 9.95. The van der Waals surface area contributed by atoms with Gasteiger partial charge in [0.1, 0.15) is 23.2 Å². The van der Waals surface area contributed by atoms with Crippen LogP contribution in [0.3, 0.4) is 0 Å². The molecule has 0 fully saturated rings. The minimum absolute atomic E-state index is 0.132. The summed E-state index contributed by atoms with van der Waals surface area (Å²) >= 11 is 0. The van der Waals surface area contributed by atoms with Gasteiger partial charge in [0.2, 0.25) is 0 Å². The number of benzene rings is 1. The molecule has 0 saturated carbocycles. The fourth-order valence-electron chi connectivity index (χ4n) is 3.24. The van der Waals surface area contributed by atoms with Crippen LogP contribution in [0.15, 0.2) is 57.5 Å². The van der Waals surface area contributed by atoms with E-state index in [0.717, 1.165) is 11.3 Å². The molecular formula is C24H22N2O6. The van der Waals surface area contributed by atoms with Gasteiger partial charge in [0.25, 0.3) is 11.8 Å². The van der Waals surface area contributed by atoms with Gasteiger partial charge < -0.3 is 14.3 Å². The summed E-state index contributed by atoms with van der Waals surface area (Å²) in [7, 11) is 0. The predicted molar refractivity (Wildman–Crippen MR) is 115 cm³/mol. The minimum Gasteiger partial charge on any atom is -0.462 e. The predicted octanol–water partition coefficient (Wildman–Crippen LogP) is 3.10. The standard InChI is InChI=1S/C24H22N2O6/c1-3-11-31-24(30)17-6-4-5-16(12-17)21-8-7-18(32-21)13-19-15(2)20(14-25)23(29)26(9-10-27)22(19)28/h4-8,12-13,27H,3,9-11H2,1-2H3/b19-13-. The first-order valence-corrected chi connectivity index (χ1v) is 10.1. The van der Waals surface area contributed by atoms with E-state index < -0.39 is 24.4 Å². The second kappa shape index (κ2) is 9.90. The lowest BCUT2D eigenvalue weighted by Crippen LogP contribution is -2.44. The maximum Gasteiger partial charge on any atom is 0.338 e. The van der Waals surface area contributed by atoms with Crippen molar-refractivity contribution in [2.24, 2.45) is 0 Å². The summed E-state index contributed by atoms with van der Waals surface area (Å²) in [5.74, 6) is -0.964. The first-order chi connectivity index (χ1) is 15.4. The Morgan fingerprint density at radius 2 is 2.03 bits per heavy atom. The zero-order valence-electron chi connectivity index (χ0n) is 17.8. The SMILES string of the molecule is CCCOC(=O)c1cccc(-c2ccc(/C=C3\C(=O)N(CCO)C(=O)C(C#N)=C3C)o2)c1. The molecular weight excluding hydrogens is 412 g/mol. The van der Waals surface area contributed by atoms with Crippen molar-refractivity contribution < 1.29 is 28.6 Å². The fraction of sp³-hybridized carbons (Fsp3) is 0.250. The monoisotopic (exact) mass is 434 g/mol. The molecule has 0 atom stereocenters. The normalized spacial score (nSPS) is 15.3. The van der Waals surface area contributed by atoms with Crippen molar-refractivity contribution in [3.05, 3.63) is 64.4 Å². The lowest BCUT2D eigenvalue weighted by Gasteiger charge is -2.26. The number of ether oxygens (including phenoxy) is 1. The molecule has 1 aromatic carbocycles. The molecule has 0 unspecified atom stereocenters. The molecule has 1 N–H and O–H groups in total. The zero-order valence-corrected chi connectivity index (χ0v) is 17.8. The number of β-amino-alcohol motifs (C(OH)–C–C–N with tert-alkyl or cyclic N) is 1. The molecule has 3 rings (SSSR count). The first-order valence-electron chi connectivity index (χ1n) is 10.1. The average Bonchev–Trinajstić information content (AvgIpc) is 3.27. The summed E-state index contributed by atoms with van der Waals surface area (Å²) in [5.41, 5.74) is 1.26. The van der Waals surface area contributed by atoms with Gasteiger partial charge in [-0.25, -0.2) is 4.79 Å². The Hall–Kier alpha value is -3.96. The van der Waals surface area contributed by atoms with Crippen molar-refractivity contribution >= 4 is 23.9 Å². The summed E-state index contributed by atoms with van der Waals surface area (Å²) < 4.78 is 11.0. The van der Waals surface area contributed by atoms with Crippen LogP contribution in [0, 0.1) is 11.3 Å². The molecule has 1 aliphatic rings. The number of nitriles is 1. The lowest BCUT2D eigenvalue weighted by molar-refractivity contribution is -0.141. The van der Waals surface area contributed by atoms with Crippen molar-refractivity contribution in [2.75, 3.05) is 19.8 Å². The van der Waals surface area contributed by atoms with Crippen LogP contribution in [0.4, 0.5) is 0 Å². The highest BCUT2D eigenvalue weighted by atomic mass is 16.5. The summed E-state index contributed by atoms with van der Waals surface area (Å²) in [6, 6.07) is 12.0. The quantitative estimate of drug-likeness (QED) is 0.404. The van der Waals surface area contributed by atoms with E-state index in [1.54, 1.807) is 36.4 Å². The van der Waals surface area contributed by atoms with Gasteiger partial charge in [0, 0.05) is 11.1 Å². The van der Waals surface area contributed by atoms with Crippen molar-refractivity contribution in [3.63, 3.8) is 0 Å². The molecule has 2 amide bonds. The van der Waals surface area contributed by atoms with Gasteiger partial charge in [-0.2, -0.15) is 5.26 Å². The summed E-state index contributed by atoms with van der Waals surface area (Å²) in [4.78, 5) is 38.1. The van der Waals surface area contributed by atoms with Crippen LogP contribution in [0.1, 0.15) is 36.4 Å². The molecule has 0 saturated heterocycles. The molecule has 0 bridgehead atoms. The molecule has 8 heteroatoms. The van der Waals surface area contributed by atoms with Crippen LogP contribution in [-0.2, 0) is 14.3 Å². The van der Waals surface area contributed by atoms with Crippen LogP contribution in [0.2, 0.25) is 0 Å². The largest absolute Gasteiger partial charge is 0.462 e. The van der Waals surface area contributed by atoms with E-state index >= 15 is 0 Å². The number of hydrogen-bond acceptors (Lipinski definition) is 7. The van der Waals surface area contributed by atoms with Crippen LogP contribution in [0.25, 0.3) is 17.4 Å². The van der Waals surface area contributed by atoms with E-state index in [9.17, 15) is 24.8 Å². The van der Waals surface area contributed by atoms with E-state index in [2.05, 4.69) is 0 Å². The van der Waals surface area contributed by atoms with E-state index in [-0.39, 0.29) is 23.3 Å². The van der Waals surface area contributed by atoms with E-state index in [0.29, 0.717) is 29.3 Å². The smallest absolute Gasteiger partial charge is 0.338 e. The summed E-state index contributed by atoms with van der Waals surface area (Å²) in [6.45, 7) is 3.14. The molecule has 8 nitrogen and oxygen atoms in total. The van der Waals surface area contributed by atoms with Crippen molar-refractivity contribution in [1.29, 1.82) is 5.26 Å².